The summed E-state index contributed by atoms with van der Waals surface area (Å²) < 4.78 is 16.3. The van der Waals surface area contributed by atoms with E-state index in [1.165, 1.54) is 5.56 Å². The second-order valence-electron chi connectivity index (χ2n) is 6.88. The zero-order chi connectivity index (χ0) is 19.4. The Bertz CT molecular complexity index is 561. The van der Waals surface area contributed by atoms with Crippen LogP contribution in [-0.2, 0) is 14.9 Å². The molecule has 2 rings (SSSR count). The van der Waals surface area contributed by atoms with Gasteiger partial charge >= 0.3 is 0 Å². The molecule has 0 aliphatic carbocycles. The van der Waals surface area contributed by atoms with Crippen LogP contribution >= 0.6 is 24.0 Å². The van der Waals surface area contributed by atoms with Crippen molar-refractivity contribution in [2.24, 2.45) is 4.99 Å². The largest absolute Gasteiger partial charge is 0.497 e. The zero-order valence-electron chi connectivity index (χ0n) is 17.5. The van der Waals surface area contributed by atoms with Crippen LogP contribution in [-0.4, -0.2) is 59.6 Å². The van der Waals surface area contributed by atoms with Crippen molar-refractivity contribution in [3.8, 4) is 5.75 Å². The Labute approximate surface area is 186 Å². The third kappa shape index (κ3) is 7.75. The lowest BCUT2D eigenvalue weighted by Crippen LogP contribution is -2.48. The molecule has 1 aliphatic rings. The number of hydrogen-bond donors (Lipinski definition) is 2. The Morgan fingerprint density at radius 3 is 2.46 bits per heavy atom. The molecule has 2 N–H and O–H groups in total. The van der Waals surface area contributed by atoms with Gasteiger partial charge in [-0.15, -0.1) is 24.0 Å². The lowest BCUT2D eigenvalue weighted by molar-refractivity contribution is 0.0513. The second kappa shape index (κ2) is 14.0. The van der Waals surface area contributed by atoms with Crippen molar-refractivity contribution in [1.29, 1.82) is 0 Å². The molecule has 0 saturated carbocycles. The highest BCUT2D eigenvalue weighted by molar-refractivity contribution is 14.0. The molecule has 1 aromatic carbocycles. The maximum atomic E-state index is 5.63. The molecule has 0 radical (unpaired) electrons. The first-order chi connectivity index (χ1) is 13.2. The molecule has 1 aromatic rings. The molecule has 1 heterocycles. The summed E-state index contributed by atoms with van der Waals surface area (Å²) in [6.07, 6.45) is 4.12. The van der Waals surface area contributed by atoms with Crippen molar-refractivity contribution in [1.82, 2.24) is 10.6 Å². The highest BCUT2D eigenvalue weighted by Gasteiger charge is 2.34. The minimum Gasteiger partial charge on any atom is -0.497 e. The zero-order valence-corrected chi connectivity index (χ0v) is 19.8. The molecule has 28 heavy (non-hydrogen) atoms. The monoisotopic (exact) mass is 505 g/mol. The molecular formula is C21H36IN3O3. The number of nitrogens with one attached hydrogen (secondary N) is 2. The number of nitrogens with zero attached hydrogens (tertiary/aromatic N) is 1. The molecule has 6 nitrogen and oxygen atoms in total. The maximum absolute atomic E-state index is 5.63. The quantitative estimate of drug-likeness (QED) is 0.221. The van der Waals surface area contributed by atoms with Crippen molar-refractivity contribution >= 4 is 29.9 Å². The van der Waals surface area contributed by atoms with Crippen LogP contribution in [0.3, 0.4) is 0 Å². The first-order valence-electron chi connectivity index (χ1n) is 9.98. The summed E-state index contributed by atoms with van der Waals surface area (Å²) in [5.74, 6) is 1.74. The Morgan fingerprint density at radius 1 is 1.14 bits per heavy atom. The van der Waals surface area contributed by atoms with Crippen LogP contribution in [0.2, 0.25) is 0 Å². The molecule has 0 bridgehead atoms. The van der Waals surface area contributed by atoms with Crippen LogP contribution < -0.4 is 15.4 Å². The Balaban J connectivity index is 0.00000392. The van der Waals surface area contributed by atoms with Gasteiger partial charge in [0, 0.05) is 52.0 Å². The Morgan fingerprint density at radius 2 is 1.86 bits per heavy atom. The van der Waals surface area contributed by atoms with Gasteiger partial charge in [0.25, 0.3) is 0 Å². The number of guanidine groups is 1. The Hall–Kier alpha value is -1.06. The van der Waals surface area contributed by atoms with Crippen molar-refractivity contribution in [3.05, 3.63) is 29.8 Å². The third-order valence-corrected chi connectivity index (χ3v) is 5.18. The molecule has 160 valence electrons. The predicted octanol–water partition coefficient (Wildman–Crippen LogP) is 3.34. The van der Waals surface area contributed by atoms with E-state index >= 15 is 0 Å². The molecule has 0 unspecified atom stereocenters. The van der Waals surface area contributed by atoms with E-state index in [1.54, 1.807) is 7.11 Å². The van der Waals surface area contributed by atoms with Crippen LogP contribution in [0.1, 0.15) is 38.2 Å². The van der Waals surface area contributed by atoms with E-state index in [2.05, 4.69) is 27.8 Å². The summed E-state index contributed by atoms with van der Waals surface area (Å²) in [6.45, 7) is 6.94. The van der Waals surface area contributed by atoms with Crippen molar-refractivity contribution in [3.63, 3.8) is 0 Å². The molecule has 1 aliphatic heterocycles. The number of methoxy groups -OCH3 is 1. The summed E-state index contributed by atoms with van der Waals surface area (Å²) in [4.78, 5) is 4.37. The summed E-state index contributed by atoms with van der Waals surface area (Å²) in [5, 5.41) is 6.93. The number of rotatable bonds is 10. The van der Waals surface area contributed by atoms with E-state index in [0.717, 1.165) is 76.9 Å². The van der Waals surface area contributed by atoms with E-state index < -0.39 is 0 Å². The maximum Gasteiger partial charge on any atom is 0.191 e. The second-order valence-corrected chi connectivity index (χ2v) is 6.88. The minimum atomic E-state index is 0. The van der Waals surface area contributed by atoms with Gasteiger partial charge in [-0.05, 0) is 50.3 Å². The average Bonchev–Trinajstić information content (AvgIpc) is 2.73. The van der Waals surface area contributed by atoms with E-state index in [0.29, 0.717) is 0 Å². The standard InChI is InChI=1S/C21H35N3O3.HI/c1-4-26-14-6-5-13-23-20(22-2)24-17-21(11-15-27-16-12-21)18-7-9-19(25-3)10-8-18;/h7-10H,4-6,11-17H2,1-3H3,(H2,22,23,24);1H. The summed E-state index contributed by atoms with van der Waals surface area (Å²) in [7, 11) is 3.52. The molecular weight excluding hydrogens is 469 g/mol. The van der Waals surface area contributed by atoms with Crippen LogP contribution in [0.4, 0.5) is 0 Å². The first kappa shape index (κ1) is 25.0. The van der Waals surface area contributed by atoms with Gasteiger partial charge in [0.1, 0.15) is 5.75 Å². The molecule has 0 atom stereocenters. The fourth-order valence-electron chi connectivity index (χ4n) is 3.43. The van der Waals surface area contributed by atoms with Gasteiger partial charge in [-0.2, -0.15) is 0 Å². The normalized spacial score (nSPS) is 16.2. The van der Waals surface area contributed by atoms with Gasteiger partial charge < -0.3 is 24.8 Å². The number of halogens is 1. The summed E-state index contributed by atoms with van der Waals surface area (Å²) >= 11 is 0. The Kier molecular flexibility index (Phi) is 12.5. The fraction of sp³-hybridized carbons (Fsp3) is 0.667. The van der Waals surface area contributed by atoms with Gasteiger partial charge in [-0.3, -0.25) is 4.99 Å². The van der Waals surface area contributed by atoms with Crippen molar-refractivity contribution in [2.75, 3.05) is 53.7 Å². The molecule has 0 aromatic heterocycles. The topological polar surface area (TPSA) is 64.1 Å². The van der Waals surface area contributed by atoms with E-state index in [9.17, 15) is 0 Å². The van der Waals surface area contributed by atoms with E-state index in [4.69, 9.17) is 14.2 Å². The highest BCUT2D eigenvalue weighted by atomic mass is 127. The van der Waals surface area contributed by atoms with Crippen LogP contribution in [0, 0.1) is 0 Å². The van der Waals surface area contributed by atoms with Gasteiger partial charge in [0.05, 0.1) is 7.11 Å². The summed E-state index contributed by atoms with van der Waals surface area (Å²) in [5.41, 5.74) is 1.38. The smallest absolute Gasteiger partial charge is 0.191 e. The number of ether oxygens (including phenoxy) is 3. The lowest BCUT2D eigenvalue weighted by Gasteiger charge is -2.38. The number of hydrogen-bond acceptors (Lipinski definition) is 4. The minimum absolute atomic E-state index is 0. The van der Waals surface area contributed by atoms with E-state index in [-0.39, 0.29) is 29.4 Å². The molecule has 0 spiro atoms. The highest BCUT2D eigenvalue weighted by Crippen LogP contribution is 2.35. The number of aliphatic imine (C=N–C) groups is 1. The van der Waals surface area contributed by atoms with Gasteiger partial charge in [0.2, 0.25) is 0 Å². The molecule has 7 heteroatoms. The first-order valence-corrected chi connectivity index (χ1v) is 9.98. The predicted molar refractivity (Wildman–Crippen MR) is 125 cm³/mol. The number of unbranched alkanes of at least 4 members (excludes halogenated alkanes) is 1. The average molecular weight is 505 g/mol. The van der Waals surface area contributed by atoms with Gasteiger partial charge in [-0.1, -0.05) is 12.1 Å². The molecule has 1 fully saturated rings. The van der Waals surface area contributed by atoms with Crippen molar-refractivity contribution < 1.29 is 14.2 Å². The van der Waals surface area contributed by atoms with Gasteiger partial charge in [-0.25, -0.2) is 0 Å². The number of benzene rings is 1. The third-order valence-electron chi connectivity index (χ3n) is 5.18. The van der Waals surface area contributed by atoms with Crippen LogP contribution in [0.25, 0.3) is 0 Å². The summed E-state index contributed by atoms with van der Waals surface area (Å²) in [6, 6.07) is 8.43. The van der Waals surface area contributed by atoms with Crippen molar-refractivity contribution in [2.45, 2.75) is 38.0 Å². The van der Waals surface area contributed by atoms with Crippen LogP contribution in [0.5, 0.6) is 5.75 Å². The fourth-order valence-corrected chi connectivity index (χ4v) is 3.43. The lowest BCUT2D eigenvalue weighted by atomic mass is 9.74. The van der Waals surface area contributed by atoms with Gasteiger partial charge in [0.15, 0.2) is 5.96 Å². The SMILES string of the molecule is CCOCCCCNC(=NC)NCC1(c2ccc(OC)cc2)CCOCC1.I. The molecule has 0 amide bonds. The molecule has 1 saturated heterocycles. The van der Waals surface area contributed by atoms with E-state index in [1.807, 2.05) is 26.1 Å². The van der Waals surface area contributed by atoms with Crippen LogP contribution in [0.15, 0.2) is 29.3 Å².